The van der Waals surface area contributed by atoms with Gasteiger partial charge in [0, 0.05) is 11.8 Å². The Morgan fingerprint density at radius 1 is 0.800 bits per heavy atom. The fraction of sp³-hybridized carbons (Fsp3) is 0.167. The van der Waals surface area contributed by atoms with Crippen LogP contribution in [0, 0.1) is 0 Å². The number of halogens is 6. The third kappa shape index (κ3) is 3.06. The number of hydrogen-bond donors (Lipinski definition) is 0. The first-order valence-electron chi connectivity index (χ1n) is 5.24. The molecule has 0 aliphatic rings. The molecule has 0 N–H and O–H groups in total. The lowest BCUT2D eigenvalue weighted by atomic mass is 10.0. The molecule has 0 bridgehead atoms. The van der Waals surface area contributed by atoms with E-state index in [2.05, 4.69) is 9.97 Å². The average Bonchev–Trinajstić information content (AvgIpc) is 2.37. The minimum atomic E-state index is -4.87. The monoisotopic (exact) mass is 292 g/mol. The van der Waals surface area contributed by atoms with Crippen LogP contribution >= 0.6 is 0 Å². The van der Waals surface area contributed by atoms with E-state index >= 15 is 0 Å². The number of hydrogen-bond acceptors (Lipinski definition) is 2. The lowest BCUT2D eigenvalue weighted by Crippen LogP contribution is -2.11. The molecule has 0 radical (unpaired) electrons. The van der Waals surface area contributed by atoms with Crippen molar-refractivity contribution in [2.45, 2.75) is 12.4 Å². The third-order valence-corrected chi connectivity index (χ3v) is 2.47. The highest BCUT2D eigenvalue weighted by Crippen LogP contribution is 2.38. The minimum absolute atomic E-state index is 0.0170. The molecule has 2 nitrogen and oxygen atoms in total. The van der Waals surface area contributed by atoms with Crippen LogP contribution in [-0.2, 0) is 12.4 Å². The number of rotatable bonds is 1. The lowest BCUT2D eigenvalue weighted by Gasteiger charge is -2.13. The molecule has 8 heteroatoms. The highest BCUT2D eigenvalue weighted by Gasteiger charge is 2.37. The van der Waals surface area contributed by atoms with Gasteiger partial charge in [0.25, 0.3) is 0 Å². The summed E-state index contributed by atoms with van der Waals surface area (Å²) in [6, 6.07) is 2.55. The van der Waals surface area contributed by atoms with E-state index in [0.717, 1.165) is 6.33 Å². The van der Waals surface area contributed by atoms with E-state index in [-0.39, 0.29) is 17.3 Å². The van der Waals surface area contributed by atoms with Crippen molar-refractivity contribution >= 4 is 0 Å². The van der Waals surface area contributed by atoms with Crippen LogP contribution in [0.25, 0.3) is 11.3 Å². The maximum atomic E-state index is 12.7. The van der Waals surface area contributed by atoms with Crippen LogP contribution in [0.4, 0.5) is 26.3 Å². The summed E-state index contributed by atoms with van der Waals surface area (Å²) in [6.45, 7) is 0. The molecule has 0 saturated carbocycles. The second-order valence-electron chi connectivity index (χ2n) is 3.89. The fourth-order valence-corrected chi connectivity index (χ4v) is 1.56. The second-order valence-corrected chi connectivity index (χ2v) is 3.89. The fourth-order valence-electron chi connectivity index (χ4n) is 1.56. The van der Waals surface area contributed by atoms with Crippen LogP contribution in [0.3, 0.4) is 0 Å². The van der Waals surface area contributed by atoms with Gasteiger partial charge in [-0.1, -0.05) is 0 Å². The summed E-state index contributed by atoms with van der Waals surface area (Å²) in [5.41, 5.74) is -3.03. The molecule has 1 aromatic heterocycles. The summed E-state index contributed by atoms with van der Waals surface area (Å²) in [6.07, 6.45) is -7.47. The van der Waals surface area contributed by atoms with Gasteiger partial charge in [-0.15, -0.1) is 0 Å². The predicted molar refractivity (Wildman–Crippen MR) is 57.5 cm³/mol. The lowest BCUT2D eigenvalue weighted by molar-refractivity contribution is -0.143. The molecule has 2 aromatic rings. The Kier molecular flexibility index (Phi) is 3.41. The van der Waals surface area contributed by atoms with Gasteiger partial charge < -0.3 is 0 Å². The predicted octanol–water partition coefficient (Wildman–Crippen LogP) is 4.18. The van der Waals surface area contributed by atoms with E-state index in [1.54, 1.807) is 0 Å². The Bertz CT molecular complexity index is 571. The second kappa shape index (κ2) is 4.77. The molecule has 1 aromatic carbocycles. The van der Waals surface area contributed by atoms with Crippen LogP contribution in [0.5, 0.6) is 0 Å². The SMILES string of the molecule is FC(F)(F)c1cc(-c2ccncn2)cc(C(F)(F)F)c1. The third-order valence-electron chi connectivity index (χ3n) is 2.47. The van der Waals surface area contributed by atoms with Crippen LogP contribution in [-0.4, -0.2) is 9.97 Å². The average molecular weight is 292 g/mol. The molecule has 0 spiro atoms. The Morgan fingerprint density at radius 2 is 1.35 bits per heavy atom. The van der Waals surface area contributed by atoms with Crippen molar-refractivity contribution in [3.63, 3.8) is 0 Å². The maximum Gasteiger partial charge on any atom is 0.416 e. The van der Waals surface area contributed by atoms with Crippen molar-refractivity contribution in [1.29, 1.82) is 0 Å². The van der Waals surface area contributed by atoms with Crippen molar-refractivity contribution in [2.75, 3.05) is 0 Å². The van der Waals surface area contributed by atoms with E-state index in [9.17, 15) is 26.3 Å². The van der Waals surface area contributed by atoms with E-state index in [1.165, 1.54) is 12.3 Å². The molecular formula is C12H6F6N2. The number of nitrogens with zero attached hydrogens (tertiary/aromatic N) is 2. The molecule has 0 saturated heterocycles. The normalized spacial score (nSPS) is 12.5. The van der Waals surface area contributed by atoms with Crippen molar-refractivity contribution in [3.8, 4) is 11.3 Å². The smallest absolute Gasteiger partial charge is 0.245 e. The Hall–Kier alpha value is -2.12. The number of aromatic nitrogens is 2. The quantitative estimate of drug-likeness (QED) is 0.737. The first-order chi connectivity index (χ1) is 9.18. The highest BCUT2D eigenvalue weighted by molar-refractivity contribution is 5.61. The van der Waals surface area contributed by atoms with Gasteiger partial charge in [0.1, 0.15) is 6.33 Å². The highest BCUT2D eigenvalue weighted by atomic mass is 19.4. The zero-order valence-electron chi connectivity index (χ0n) is 9.63. The molecule has 2 rings (SSSR count). The van der Waals surface area contributed by atoms with E-state index < -0.39 is 23.5 Å². The van der Waals surface area contributed by atoms with E-state index in [4.69, 9.17) is 0 Å². The Balaban J connectivity index is 2.64. The summed E-state index contributed by atoms with van der Waals surface area (Å²) in [7, 11) is 0. The molecule has 1 heterocycles. The minimum Gasteiger partial charge on any atom is -0.245 e. The van der Waals surface area contributed by atoms with Gasteiger partial charge in [-0.2, -0.15) is 26.3 Å². The van der Waals surface area contributed by atoms with Crippen molar-refractivity contribution in [3.05, 3.63) is 47.9 Å². The van der Waals surface area contributed by atoms with E-state index in [0.29, 0.717) is 12.1 Å². The first-order valence-corrected chi connectivity index (χ1v) is 5.24. The van der Waals surface area contributed by atoms with E-state index in [1.807, 2.05) is 0 Å². The summed E-state index contributed by atoms with van der Waals surface area (Å²) >= 11 is 0. The topological polar surface area (TPSA) is 25.8 Å². The van der Waals surface area contributed by atoms with Crippen molar-refractivity contribution in [2.24, 2.45) is 0 Å². The van der Waals surface area contributed by atoms with Gasteiger partial charge in [0.15, 0.2) is 0 Å². The Labute approximate surface area is 109 Å². The molecule has 106 valence electrons. The molecule has 0 unspecified atom stereocenters. The summed E-state index contributed by atoms with van der Waals surface area (Å²) in [4.78, 5) is 7.21. The molecule has 0 aliphatic carbocycles. The van der Waals surface area contributed by atoms with Crippen LogP contribution in [0.15, 0.2) is 36.8 Å². The maximum absolute atomic E-state index is 12.7. The molecule has 0 atom stereocenters. The molecule has 0 amide bonds. The van der Waals surface area contributed by atoms with Gasteiger partial charge in [0.05, 0.1) is 16.8 Å². The van der Waals surface area contributed by atoms with Crippen LogP contribution in [0.1, 0.15) is 11.1 Å². The Morgan fingerprint density at radius 3 is 1.75 bits per heavy atom. The number of alkyl halides is 6. The molecule has 0 fully saturated rings. The van der Waals surface area contributed by atoms with Crippen molar-refractivity contribution in [1.82, 2.24) is 9.97 Å². The standard InChI is InChI=1S/C12H6F6N2/c13-11(14,15)8-3-7(10-1-2-19-6-20-10)4-9(5-8)12(16,17)18/h1-6H. The summed E-state index contributed by atoms with van der Waals surface area (Å²) in [5, 5.41) is 0. The van der Waals surface area contributed by atoms with Gasteiger partial charge in [0.2, 0.25) is 0 Å². The summed E-state index contributed by atoms with van der Waals surface area (Å²) < 4.78 is 75.9. The zero-order chi connectivity index (χ0) is 15.0. The van der Waals surface area contributed by atoms with Crippen molar-refractivity contribution < 1.29 is 26.3 Å². The van der Waals surface area contributed by atoms with Crippen LogP contribution < -0.4 is 0 Å². The largest absolute Gasteiger partial charge is 0.416 e. The molecule has 20 heavy (non-hydrogen) atoms. The van der Waals surface area contributed by atoms with Crippen LogP contribution in [0.2, 0.25) is 0 Å². The van der Waals surface area contributed by atoms with Gasteiger partial charge in [-0.05, 0) is 24.3 Å². The number of benzene rings is 1. The van der Waals surface area contributed by atoms with Gasteiger partial charge in [-0.25, -0.2) is 9.97 Å². The molecular weight excluding hydrogens is 286 g/mol. The van der Waals surface area contributed by atoms with Gasteiger partial charge >= 0.3 is 12.4 Å². The van der Waals surface area contributed by atoms with Gasteiger partial charge in [-0.3, -0.25) is 0 Å². The molecule has 0 aliphatic heterocycles. The summed E-state index contributed by atoms with van der Waals surface area (Å²) in [5.74, 6) is 0. The zero-order valence-corrected chi connectivity index (χ0v) is 9.63. The first kappa shape index (κ1) is 14.3.